The molecule has 0 atom stereocenters. The number of rotatable bonds is 6. The minimum Gasteiger partial charge on any atom is -0.212 e. The van der Waals surface area contributed by atoms with Gasteiger partial charge in [-0.05, 0) is 68.1 Å². The van der Waals surface area contributed by atoms with Gasteiger partial charge in [0.05, 0.1) is 5.75 Å². The molecule has 0 spiro atoms. The third-order valence-corrected chi connectivity index (χ3v) is 7.88. The lowest BCUT2D eigenvalue weighted by molar-refractivity contribution is -0.0583. The quantitative estimate of drug-likeness (QED) is 0.705. The second-order valence-corrected chi connectivity index (χ2v) is 10.1. The standard InChI is InChI=1S/C15H26ClNO2S/c1-17(20(18,19)4-2-3-16)11-15-8-12-5-13(9-15)7-14(6-12)10-15/h12-14H,2-11H2,1H3. The zero-order valence-electron chi connectivity index (χ0n) is 12.4. The summed E-state index contributed by atoms with van der Waals surface area (Å²) < 4.78 is 26.2. The summed E-state index contributed by atoms with van der Waals surface area (Å²) in [4.78, 5) is 0. The fourth-order valence-corrected chi connectivity index (χ4v) is 7.03. The third-order valence-electron chi connectivity index (χ3n) is 5.73. The molecule has 4 fully saturated rings. The van der Waals surface area contributed by atoms with Crippen LogP contribution >= 0.6 is 11.6 Å². The molecule has 0 aromatic heterocycles. The van der Waals surface area contributed by atoms with Gasteiger partial charge in [0.2, 0.25) is 10.0 Å². The molecule has 4 aliphatic carbocycles. The second-order valence-electron chi connectivity index (χ2n) is 7.53. The van der Waals surface area contributed by atoms with Gasteiger partial charge in [-0.25, -0.2) is 12.7 Å². The maximum Gasteiger partial charge on any atom is 0.213 e. The predicted molar refractivity (Wildman–Crippen MR) is 82.4 cm³/mol. The van der Waals surface area contributed by atoms with E-state index in [1.54, 1.807) is 11.4 Å². The Hall–Kier alpha value is 0.200. The van der Waals surface area contributed by atoms with Crippen molar-refractivity contribution in [1.82, 2.24) is 4.31 Å². The van der Waals surface area contributed by atoms with E-state index < -0.39 is 10.0 Å². The molecule has 3 nitrogen and oxygen atoms in total. The topological polar surface area (TPSA) is 37.4 Å². The SMILES string of the molecule is CN(CC12CC3CC(CC(C3)C1)C2)S(=O)(=O)CCCCl. The smallest absolute Gasteiger partial charge is 0.212 e. The Morgan fingerprint density at radius 1 is 1.10 bits per heavy atom. The van der Waals surface area contributed by atoms with Crippen LogP contribution in [0.15, 0.2) is 0 Å². The third kappa shape index (κ3) is 2.89. The summed E-state index contributed by atoms with van der Waals surface area (Å²) in [6.45, 7) is 0.737. The molecule has 4 aliphatic rings. The molecule has 0 N–H and O–H groups in total. The van der Waals surface area contributed by atoms with Crippen LogP contribution in [0.3, 0.4) is 0 Å². The number of halogens is 1. The van der Waals surface area contributed by atoms with Crippen molar-refractivity contribution in [1.29, 1.82) is 0 Å². The lowest BCUT2D eigenvalue weighted by Gasteiger charge is -2.57. The van der Waals surface area contributed by atoms with Crippen LogP contribution in [-0.4, -0.2) is 37.9 Å². The van der Waals surface area contributed by atoms with Crippen molar-refractivity contribution in [2.45, 2.75) is 44.9 Å². The molecule has 0 aromatic rings. The molecule has 116 valence electrons. The summed E-state index contributed by atoms with van der Waals surface area (Å²) in [5, 5.41) is 0. The van der Waals surface area contributed by atoms with Crippen molar-refractivity contribution in [3.63, 3.8) is 0 Å². The first-order chi connectivity index (χ1) is 9.42. The molecule has 4 saturated carbocycles. The molecule has 0 unspecified atom stereocenters. The summed E-state index contributed by atoms with van der Waals surface area (Å²) in [7, 11) is -1.35. The molecular weight excluding hydrogens is 294 g/mol. The normalized spacial score (nSPS) is 39.6. The molecule has 4 rings (SSSR count). The van der Waals surface area contributed by atoms with Gasteiger partial charge < -0.3 is 0 Å². The summed E-state index contributed by atoms with van der Waals surface area (Å²) in [5.41, 5.74) is 0.289. The lowest BCUT2D eigenvalue weighted by atomic mass is 9.49. The Balaban J connectivity index is 1.68. The Bertz CT molecular complexity index is 427. The van der Waals surface area contributed by atoms with E-state index in [2.05, 4.69) is 0 Å². The summed E-state index contributed by atoms with van der Waals surface area (Å²) in [6, 6.07) is 0. The Labute approximate surface area is 128 Å². The van der Waals surface area contributed by atoms with Crippen molar-refractivity contribution in [3.05, 3.63) is 0 Å². The summed E-state index contributed by atoms with van der Waals surface area (Å²) in [6.07, 6.45) is 8.54. The van der Waals surface area contributed by atoms with Gasteiger partial charge >= 0.3 is 0 Å². The van der Waals surface area contributed by atoms with Crippen molar-refractivity contribution in [3.8, 4) is 0 Å². The second kappa shape index (κ2) is 5.44. The predicted octanol–water partition coefficient (Wildman–Crippen LogP) is 3.09. The average Bonchev–Trinajstić information content (AvgIpc) is 2.34. The average molecular weight is 320 g/mol. The van der Waals surface area contributed by atoms with Gasteiger partial charge in [-0.15, -0.1) is 11.6 Å². The first-order valence-corrected chi connectivity index (χ1v) is 10.1. The van der Waals surface area contributed by atoms with Gasteiger partial charge in [-0.1, -0.05) is 0 Å². The number of alkyl halides is 1. The molecule has 0 radical (unpaired) electrons. The first kappa shape index (κ1) is 15.1. The van der Waals surface area contributed by atoms with E-state index in [-0.39, 0.29) is 11.2 Å². The Morgan fingerprint density at radius 2 is 1.60 bits per heavy atom. The maximum atomic E-state index is 12.3. The monoisotopic (exact) mass is 319 g/mol. The Kier molecular flexibility index (Phi) is 4.11. The van der Waals surface area contributed by atoms with E-state index in [1.165, 1.54) is 38.5 Å². The van der Waals surface area contributed by atoms with E-state index in [0.29, 0.717) is 12.3 Å². The number of nitrogens with zero attached hydrogens (tertiary/aromatic N) is 1. The highest BCUT2D eigenvalue weighted by Gasteiger charge is 2.51. The molecule has 20 heavy (non-hydrogen) atoms. The fraction of sp³-hybridized carbons (Fsp3) is 1.00. The van der Waals surface area contributed by atoms with E-state index in [9.17, 15) is 8.42 Å². The molecule has 0 heterocycles. The minimum atomic E-state index is -3.12. The van der Waals surface area contributed by atoms with Crippen LogP contribution in [-0.2, 0) is 10.0 Å². The largest absolute Gasteiger partial charge is 0.213 e. The van der Waals surface area contributed by atoms with Gasteiger partial charge in [0.15, 0.2) is 0 Å². The van der Waals surface area contributed by atoms with Crippen LogP contribution in [0.25, 0.3) is 0 Å². The van der Waals surface area contributed by atoms with Crippen LogP contribution < -0.4 is 0 Å². The van der Waals surface area contributed by atoms with Crippen LogP contribution in [0.1, 0.15) is 44.9 Å². The van der Waals surface area contributed by atoms with E-state index in [0.717, 1.165) is 24.3 Å². The summed E-state index contributed by atoms with van der Waals surface area (Å²) in [5.74, 6) is 3.24. The maximum absolute atomic E-state index is 12.3. The molecule has 0 amide bonds. The molecule has 0 aromatic carbocycles. The molecule has 0 aliphatic heterocycles. The van der Waals surface area contributed by atoms with Crippen LogP contribution in [0, 0.1) is 23.2 Å². The molecule has 5 heteroatoms. The number of sulfonamides is 1. The van der Waals surface area contributed by atoms with E-state index in [4.69, 9.17) is 11.6 Å². The highest BCUT2D eigenvalue weighted by Crippen LogP contribution is 2.60. The van der Waals surface area contributed by atoms with Gasteiger partial charge in [0.25, 0.3) is 0 Å². The minimum absolute atomic E-state index is 0.194. The Morgan fingerprint density at radius 3 is 2.05 bits per heavy atom. The summed E-state index contributed by atoms with van der Waals surface area (Å²) >= 11 is 5.63. The molecule has 0 saturated heterocycles. The fourth-order valence-electron chi connectivity index (χ4n) is 5.45. The highest BCUT2D eigenvalue weighted by molar-refractivity contribution is 7.89. The van der Waals surface area contributed by atoms with Crippen molar-refractivity contribution >= 4 is 21.6 Å². The molecule has 4 bridgehead atoms. The van der Waals surface area contributed by atoms with Crippen LogP contribution in [0.2, 0.25) is 0 Å². The van der Waals surface area contributed by atoms with Crippen LogP contribution in [0.5, 0.6) is 0 Å². The van der Waals surface area contributed by atoms with Gasteiger partial charge in [0, 0.05) is 19.5 Å². The molecular formula is C15H26ClNO2S. The number of hydrogen-bond acceptors (Lipinski definition) is 2. The lowest BCUT2D eigenvalue weighted by Crippen LogP contribution is -2.51. The van der Waals surface area contributed by atoms with E-state index >= 15 is 0 Å². The van der Waals surface area contributed by atoms with Crippen molar-refractivity contribution in [2.75, 3.05) is 25.2 Å². The van der Waals surface area contributed by atoms with Gasteiger partial charge in [-0.3, -0.25) is 0 Å². The first-order valence-electron chi connectivity index (χ1n) is 7.92. The zero-order valence-corrected chi connectivity index (χ0v) is 13.9. The zero-order chi connectivity index (χ0) is 14.4. The number of hydrogen-bond donors (Lipinski definition) is 0. The van der Waals surface area contributed by atoms with Gasteiger partial charge in [-0.2, -0.15) is 0 Å². The van der Waals surface area contributed by atoms with Crippen LogP contribution in [0.4, 0.5) is 0 Å². The van der Waals surface area contributed by atoms with Crippen molar-refractivity contribution in [2.24, 2.45) is 23.2 Å². The van der Waals surface area contributed by atoms with Gasteiger partial charge in [0.1, 0.15) is 0 Å². The van der Waals surface area contributed by atoms with Crippen molar-refractivity contribution < 1.29 is 8.42 Å². The van der Waals surface area contributed by atoms with E-state index in [1.807, 2.05) is 0 Å². The highest BCUT2D eigenvalue weighted by atomic mass is 35.5.